The van der Waals surface area contributed by atoms with E-state index in [-0.39, 0.29) is 30.6 Å². The molecule has 1 fully saturated rings. The Hall–Kier alpha value is -2.94. The number of nitrogens with one attached hydrogen (secondary N) is 1. The van der Waals surface area contributed by atoms with Crippen molar-refractivity contribution in [3.63, 3.8) is 0 Å². The summed E-state index contributed by atoms with van der Waals surface area (Å²) in [6.45, 7) is 4.77. The topological polar surface area (TPSA) is 116 Å². The Morgan fingerprint density at radius 3 is 2.82 bits per heavy atom. The molecule has 2 aromatic rings. The highest BCUT2D eigenvalue weighted by Gasteiger charge is 2.21. The van der Waals surface area contributed by atoms with Gasteiger partial charge in [-0.25, -0.2) is 4.98 Å². The Bertz CT molecular complexity index is 858. The van der Waals surface area contributed by atoms with Gasteiger partial charge in [0.1, 0.15) is 12.3 Å². The van der Waals surface area contributed by atoms with Crippen molar-refractivity contribution in [1.29, 1.82) is 0 Å². The number of rotatable bonds is 6. The molecule has 9 heteroatoms. The first-order valence-electron chi connectivity index (χ1n) is 9.26. The van der Waals surface area contributed by atoms with E-state index in [0.29, 0.717) is 11.1 Å². The Kier molecular flexibility index (Phi) is 6.25. The van der Waals surface area contributed by atoms with Crippen LogP contribution in [0.5, 0.6) is 5.75 Å². The molecule has 0 atom stereocenters. The normalized spacial score (nSPS) is 14.6. The maximum absolute atomic E-state index is 12.2. The number of pyridine rings is 1. The molecule has 1 saturated heterocycles. The number of aromatic nitrogens is 3. The van der Waals surface area contributed by atoms with Gasteiger partial charge in [0, 0.05) is 42.3 Å². The zero-order chi connectivity index (χ0) is 20.1. The summed E-state index contributed by atoms with van der Waals surface area (Å²) in [6.07, 6.45) is 6.98. The average molecular weight is 388 g/mol. The fraction of sp³-hybridized carbons (Fsp3) is 0.474. The number of nitrogens with zero attached hydrogens (tertiary/aromatic N) is 3. The van der Waals surface area contributed by atoms with E-state index in [1.807, 2.05) is 10.9 Å². The largest absolute Gasteiger partial charge is 0.505 e. The average Bonchev–Trinajstić information content (AvgIpc) is 3.19. The maximum Gasteiger partial charge on any atom is 0.325 e. The highest BCUT2D eigenvalue weighted by atomic mass is 16.5. The van der Waals surface area contributed by atoms with Gasteiger partial charge in [-0.1, -0.05) is 0 Å². The highest BCUT2D eigenvalue weighted by Crippen LogP contribution is 2.31. The second-order valence-electron chi connectivity index (χ2n) is 6.53. The number of hydrogen-bond acceptors (Lipinski definition) is 7. The van der Waals surface area contributed by atoms with Crippen LogP contribution in [0, 0.1) is 6.92 Å². The summed E-state index contributed by atoms with van der Waals surface area (Å²) >= 11 is 0. The Labute approximate surface area is 162 Å². The van der Waals surface area contributed by atoms with Crippen LogP contribution in [-0.4, -0.2) is 58.1 Å². The van der Waals surface area contributed by atoms with Crippen LogP contribution in [0.25, 0.3) is 11.1 Å². The predicted molar refractivity (Wildman–Crippen MR) is 99.9 cm³/mol. The number of carbonyl (C=O) groups is 2. The summed E-state index contributed by atoms with van der Waals surface area (Å²) < 4.78 is 12.0. The maximum atomic E-state index is 12.2. The number of ether oxygens (including phenoxy) is 2. The molecule has 150 valence electrons. The first-order chi connectivity index (χ1) is 13.5. The summed E-state index contributed by atoms with van der Waals surface area (Å²) in [4.78, 5) is 27.7. The van der Waals surface area contributed by atoms with Gasteiger partial charge in [-0.05, 0) is 26.7 Å². The molecule has 28 heavy (non-hydrogen) atoms. The molecule has 0 radical (unpaired) electrons. The van der Waals surface area contributed by atoms with E-state index >= 15 is 0 Å². The molecule has 2 aromatic heterocycles. The van der Waals surface area contributed by atoms with E-state index in [4.69, 9.17) is 9.47 Å². The number of hydrogen-bond donors (Lipinski definition) is 2. The minimum absolute atomic E-state index is 0.137. The standard InChI is InChI=1S/C19H24N4O5/c1-3-28-16(24)10-21-19(26)17-18(25)12(2)15(9-20-17)13-8-22-23(11-13)14-4-6-27-7-5-14/h8-9,11,14,25H,3-7,10H2,1-2H3,(H,21,26). The van der Waals surface area contributed by atoms with Crippen molar-refractivity contribution in [2.45, 2.75) is 32.7 Å². The highest BCUT2D eigenvalue weighted by molar-refractivity contribution is 5.97. The Balaban J connectivity index is 1.76. The molecule has 3 rings (SSSR count). The molecule has 0 bridgehead atoms. The molecule has 2 N–H and O–H groups in total. The van der Waals surface area contributed by atoms with Crippen LogP contribution in [0.15, 0.2) is 18.6 Å². The molecule has 9 nitrogen and oxygen atoms in total. The van der Waals surface area contributed by atoms with Crippen LogP contribution in [-0.2, 0) is 14.3 Å². The van der Waals surface area contributed by atoms with Gasteiger partial charge in [-0.3, -0.25) is 14.3 Å². The van der Waals surface area contributed by atoms with Gasteiger partial charge < -0.3 is 19.9 Å². The second-order valence-corrected chi connectivity index (χ2v) is 6.53. The van der Waals surface area contributed by atoms with Gasteiger partial charge in [-0.2, -0.15) is 5.10 Å². The smallest absolute Gasteiger partial charge is 0.325 e. The number of esters is 1. The van der Waals surface area contributed by atoms with Crippen molar-refractivity contribution in [3.05, 3.63) is 29.8 Å². The molecule has 0 spiro atoms. The third-order valence-electron chi connectivity index (χ3n) is 4.70. The monoisotopic (exact) mass is 388 g/mol. The SMILES string of the molecule is CCOC(=O)CNC(=O)c1ncc(-c2cnn(C3CCOCC3)c2)c(C)c1O. The summed E-state index contributed by atoms with van der Waals surface area (Å²) in [5.74, 6) is -1.42. The first-order valence-corrected chi connectivity index (χ1v) is 9.26. The zero-order valence-corrected chi connectivity index (χ0v) is 16.0. The molecule has 0 saturated carbocycles. The minimum atomic E-state index is -0.641. The predicted octanol–water partition coefficient (Wildman–Crippen LogP) is 1.60. The molecule has 3 heterocycles. The second kappa shape index (κ2) is 8.83. The third-order valence-corrected chi connectivity index (χ3v) is 4.70. The van der Waals surface area contributed by atoms with Crippen LogP contribution < -0.4 is 5.32 Å². The lowest BCUT2D eigenvalue weighted by Gasteiger charge is -2.22. The number of amides is 1. The van der Waals surface area contributed by atoms with Crippen molar-refractivity contribution in [2.75, 3.05) is 26.4 Å². The fourth-order valence-corrected chi connectivity index (χ4v) is 3.12. The lowest BCUT2D eigenvalue weighted by Crippen LogP contribution is -2.31. The molecule has 0 aromatic carbocycles. The molecular weight excluding hydrogens is 364 g/mol. The van der Waals surface area contributed by atoms with Crippen molar-refractivity contribution < 1.29 is 24.2 Å². The van der Waals surface area contributed by atoms with Gasteiger partial charge in [0.15, 0.2) is 5.69 Å². The Morgan fingerprint density at radius 2 is 2.11 bits per heavy atom. The summed E-state index contributed by atoms with van der Waals surface area (Å²) in [7, 11) is 0. The van der Waals surface area contributed by atoms with Crippen LogP contribution in [0.4, 0.5) is 0 Å². The van der Waals surface area contributed by atoms with E-state index in [0.717, 1.165) is 31.6 Å². The lowest BCUT2D eigenvalue weighted by atomic mass is 10.0. The molecular formula is C19H24N4O5. The summed E-state index contributed by atoms with van der Waals surface area (Å²) in [5.41, 5.74) is 1.88. The van der Waals surface area contributed by atoms with Gasteiger partial charge in [0.25, 0.3) is 5.91 Å². The Morgan fingerprint density at radius 1 is 1.36 bits per heavy atom. The molecule has 1 aliphatic rings. The quantitative estimate of drug-likeness (QED) is 0.722. The van der Waals surface area contributed by atoms with E-state index in [9.17, 15) is 14.7 Å². The molecule has 1 aliphatic heterocycles. The van der Waals surface area contributed by atoms with E-state index < -0.39 is 11.9 Å². The van der Waals surface area contributed by atoms with Gasteiger partial charge in [0.2, 0.25) is 0 Å². The molecule has 0 unspecified atom stereocenters. The number of carbonyl (C=O) groups excluding carboxylic acids is 2. The van der Waals surface area contributed by atoms with Crippen LogP contribution in [0.3, 0.4) is 0 Å². The summed E-state index contributed by atoms with van der Waals surface area (Å²) in [6, 6.07) is 0.289. The van der Waals surface area contributed by atoms with Crippen LogP contribution >= 0.6 is 0 Å². The van der Waals surface area contributed by atoms with Crippen molar-refractivity contribution in [2.24, 2.45) is 0 Å². The number of aromatic hydroxyl groups is 1. The van der Waals surface area contributed by atoms with Crippen molar-refractivity contribution in [3.8, 4) is 16.9 Å². The van der Waals surface area contributed by atoms with Gasteiger partial charge in [-0.15, -0.1) is 0 Å². The van der Waals surface area contributed by atoms with E-state index in [1.54, 1.807) is 20.0 Å². The van der Waals surface area contributed by atoms with Crippen molar-refractivity contribution in [1.82, 2.24) is 20.1 Å². The minimum Gasteiger partial charge on any atom is -0.505 e. The first kappa shape index (κ1) is 19.8. The lowest BCUT2D eigenvalue weighted by molar-refractivity contribution is -0.141. The van der Waals surface area contributed by atoms with Gasteiger partial charge in [0.05, 0.1) is 18.8 Å². The van der Waals surface area contributed by atoms with Crippen LogP contribution in [0.2, 0.25) is 0 Å². The van der Waals surface area contributed by atoms with Crippen molar-refractivity contribution >= 4 is 11.9 Å². The van der Waals surface area contributed by atoms with E-state index in [2.05, 4.69) is 15.4 Å². The third kappa shape index (κ3) is 4.30. The zero-order valence-electron chi connectivity index (χ0n) is 16.0. The van der Waals surface area contributed by atoms with E-state index in [1.165, 1.54) is 6.20 Å². The molecule has 1 amide bonds. The fourth-order valence-electron chi connectivity index (χ4n) is 3.12. The molecule has 0 aliphatic carbocycles. The van der Waals surface area contributed by atoms with Gasteiger partial charge >= 0.3 is 5.97 Å². The van der Waals surface area contributed by atoms with Crippen LogP contribution in [0.1, 0.15) is 41.9 Å². The summed E-state index contributed by atoms with van der Waals surface area (Å²) in [5, 5.41) is 17.3.